The van der Waals surface area contributed by atoms with Crippen LogP contribution in [0.5, 0.6) is 0 Å². The van der Waals surface area contributed by atoms with Gasteiger partial charge in [0.05, 0.1) is 5.69 Å². The summed E-state index contributed by atoms with van der Waals surface area (Å²) in [7, 11) is 0. The third kappa shape index (κ3) is 2.27. The summed E-state index contributed by atoms with van der Waals surface area (Å²) in [6, 6.07) is 7.85. The molecule has 5 heteroatoms. The van der Waals surface area contributed by atoms with E-state index in [0.717, 1.165) is 11.3 Å². The number of H-pyrrole nitrogens is 1. The lowest BCUT2D eigenvalue weighted by Crippen LogP contribution is -2.21. The molecule has 0 amide bonds. The molecule has 0 spiro atoms. The number of halogens is 1. The van der Waals surface area contributed by atoms with Crippen molar-refractivity contribution in [1.82, 2.24) is 14.6 Å². The molecule has 4 nitrogen and oxygen atoms in total. The van der Waals surface area contributed by atoms with Gasteiger partial charge in [0.2, 0.25) is 0 Å². The van der Waals surface area contributed by atoms with Crippen molar-refractivity contribution in [3.8, 4) is 11.3 Å². The highest BCUT2D eigenvalue weighted by molar-refractivity contribution is 5.64. The van der Waals surface area contributed by atoms with Crippen LogP contribution < -0.4 is 5.56 Å². The average molecular weight is 283 g/mol. The van der Waals surface area contributed by atoms with Crippen LogP contribution in [0.2, 0.25) is 0 Å². The van der Waals surface area contributed by atoms with Crippen LogP contribution in [0.3, 0.4) is 0 Å². The molecule has 106 valence electrons. The Labute approximate surface area is 120 Å². The van der Waals surface area contributed by atoms with Crippen LogP contribution in [0.15, 0.2) is 47.8 Å². The van der Waals surface area contributed by atoms with Gasteiger partial charge in [0.1, 0.15) is 5.82 Å². The number of hydrogen-bond acceptors (Lipinski definition) is 2. The number of aromatic nitrogens is 3. The van der Waals surface area contributed by atoms with Gasteiger partial charge in [-0.3, -0.25) is 9.89 Å². The Morgan fingerprint density at radius 3 is 2.76 bits per heavy atom. The summed E-state index contributed by atoms with van der Waals surface area (Å²) < 4.78 is 14.4. The summed E-state index contributed by atoms with van der Waals surface area (Å²) in [5.41, 5.74) is 3.24. The van der Waals surface area contributed by atoms with Gasteiger partial charge in [-0.1, -0.05) is 6.08 Å². The normalized spacial score (nSPS) is 11.0. The summed E-state index contributed by atoms with van der Waals surface area (Å²) in [5, 5.41) is 3.01. The number of allylic oxidation sites excluding steroid dienone is 1. The van der Waals surface area contributed by atoms with E-state index in [9.17, 15) is 9.18 Å². The largest absolute Gasteiger partial charge is 0.289 e. The predicted octanol–water partition coefficient (Wildman–Crippen LogP) is 2.87. The fourth-order valence-corrected chi connectivity index (χ4v) is 2.33. The van der Waals surface area contributed by atoms with Crippen molar-refractivity contribution in [2.75, 3.05) is 0 Å². The Kier molecular flexibility index (Phi) is 3.17. The van der Waals surface area contributed by atoms with E-state index in [1.165, 1.54) is 16.6 Å². The van der Waals surface area contributed by atoms with Crippen molar-refractivity contribution >= 4 is 5.65 Å². The van der Waals surface area contributed by atoms with Crippen molar-refractivity contribution in [1.29, 1.82) is 0 Å². The number of benzene rings is 1. The Morgan fingerprint density at radius 1 is 1.38 bits per heavy atom. The molecule has 0 atom stereocenters. The highest BCUT2D eigenvalue weighted by Crippen LogP contribution is 2.19. The van der Waals surface area contributed by atoms with Gasteiger partial charge in [-0.15, -0.1) is 6.58 Å². The van der Waals surface area contributed by atoms with E-state index in [1.54, 1.807) is 24.3 Å². The molecular formula is C16H14FN3O. The maximum atomic E-state index is 13.0. The van der Waals surface area contributed by atoms with Crippen LogP contribution >= 0.6 is 0 Å². The van der Waals surface area contributed by atoms with E-state index >= 15 is 0 Å². The van der Waals surface area contributed by atoms with Crippen molar-refractivity contribution in [3.05, 3.63) is 70.4 Å². The van der Waals surface area contributed by atoms with E-state index in [-0.39, 0.29) is 11.4 Å². The van der Waals surface area contributed by atoms with Crippen molar-refractivity contribution in [2.24, 2.45) is 0 Å². The Balaban J connectivity index is 2.20. The minimum Gasteiger partial charge on any atom is -0.289 e. The van der Waals surface area contributed by atoms with E-state index in [2.05, 4.69) is 16.7 Å². The maximum Gasteiger partial charge on any atom is 0.276 e. The minimum absolute atomic E-state index is 0.134. The summed E-state index contributed by atoms with van der Waals surface area (Å²) in [6.45, 7) is 5.47. The SMILES string of the molecule is C=CCc1c(C)nc2cc(-c3ccc(F)cc3)[nH]n2c1=O. The molecule has 21 heavy (non-hydrogen) atoms. The van der Waals surface area contributed by atoms with Gasteiger partial charge in [0.15, 0.2) is 5.65 Å². The summed E-state index contributed by atoms with van der Waals surface area (Å²) in [6.07, 6.45) is 2.16. The molecule has 0 saturated carbocycles. The molecule has 0 unspecified atom stereocenters. The molecule has 0 saturated heterocycles. The number of aromatic amines is 1. The number of nitrogens with zero attached hydrogens (tertiary/aromatic N) is 2. The van der Waals surface area contributed by atoms with Crippen molar-refractivity contribution in [2.45, 2.75) is 13.3 Å². The lowest BCUT2D eigenvalue weighted by atomic mass is 10.1. The van der Waals surface area contributed by atoms with Crippen LogP contribution in [0.4, 0.5) is 4.39 Å². The topological polar surface area (TPSA) is 50.2 Å². The fraction of sp³-hybridized carbons (Fsp3) is 0.125. The molecule has 2 heterocycles. The second-order valence-corrected chi connectivity index (χ2v) is 4.84. The van der Waals surface area contributed by atoms with Gasteiger partial charge in [-0.05, 0) is 43.2 Å². The van der Waals surface area contributed by atoms with Gasteiger partial charge >= 0.3 is 0 Å². The van der Waals surface area contributed by atoms with Crippen LogP contribution in [0, 0.1) is 12.7 Å². The molecule has 0 radical (unpaired) electrons. The first-order valence-electron chi connectivity index (χ1n) is 6.58. The Bertz CT molecular complexity index is 875. The van der Waals surface area contributed by atoms with Gasteiger partial charge in [-0.2, -0.15) is 0 Å². The highest BCUT2D eigenvalue weighted by Gasteiger charge is 2.11. The molecule has 1 aromatic carbocycles. The van der Waals surface area contributed by atoms with Crippen molar-refractivity contribution in [3.63, 3.8) is 0 Å². The monoisotopic (exact) mass is 283 g/mol. The van der Waals surface area contributed by atoms with Crippen LogP contribution in [-0.2, 0) is 6.42 Å². The Morgan fingerprint density at radius 2 is 2.10 bits per heavy atom. The van der Waals surface area contributed by atoms with Crippen molar-refractivity contribution < 1.29 is 4.39 Å². The van der Waals surface area contributed by atoms with Crippen LogP contribution in [-0.4, -0.2) is 14.6 Å². The lowest BCUT2D eigenvalue weighted by Gasteiger charge is -2.02. The molecule has 0 fully saturated rings. The second-order valence-electron chi connectivity index (χ2n) is 4.84. The highest BCUT2D eigenvalue weighted by atomic mass is 19.1. The summed E-state index contributed by atoms with van der Waals surface area (Å²) in [5.74, 6) is -0.297. The summed E-state index contributed by atoms with van der Waals surface area (Å²) >= 11 is 0. The maximum absolute atomic E-state index is 13.0. The zero-order valence-corrected chi connectivity index (χ0v) is 11.6. The van der Waals surface area contributed by atoms with Crippen LogP contribution in [0.1, 0.15) is 11.3 Å². The number of fused-ring (bicyclic) bond motifs is 1. The Hall–Kier alpha value is -2.69. The number of aryl methyl sites for hydroxylation is 1. The zero-order valence-electron chi connectivity index (χ0n) is 11.6. The first-order chi connectivity index (χ1) is 10.1. The third-order valence-corrected chi connectivity index (χ3v) is 3.42. The van der Waals surface area contributed by atoms with Gasteiger partial charge < -0.3 is 0 Å². The average Bonchev–Trinajstić information content (AvgIpc) is 2.88. The third-order valence-electron chi connectivity index (χ3n) is 3.42. The predicted molar refractivity (Wildman–Crippen MR) is 79.8 cm³/mol. The van der Waals surface area contributed by atoms with E-state index in [0.29, 0.717) is 23.3 Å². The fourth-order valence-electron chi connectivity index (χ4n) is 2.33. The second kappa shape index (κ2) is 5.01. The minimum atomic E-state index is -0.297. The lowest BCUT2D eigenvalue weighted by molar-refractivity contribution is 0.628. The quantitative estimate of drug-likeness (QED) is 0.751. The molecule has 3 rings (SSSR count). The zero-order chi connectivity index (χ0) is 15.0. The first kappa shape index (κ1) is 13.3. The molecule has 2 aromatic heterocycles. The van der Waals surface area contributed by atoms with Gasteiger partial charge in [-0.25, -0.2) is 13.9 Å². The molecular weight excluding hydrogens is 269 g/mol. The van der Waals surface area contributed by atoms with E-state index in [1.807, 2.05) is 6.92 Å². The number of hydrogen-bond donors (Lipinski definition) is 1. The molecule has 0 aliphatic heterocycles. The molecule has 1 N–H and O–H groups in total. The first-order valence-corrected chi connectivity index (χ1v) is 6.58. The van der Waals surface area contributed by atoms with Gasteiger partial charge in [0, 0.05) is 17.3 Å². The molecule has 0 bridgehead atoms. The molecule has 0 aliphatic rings. The van der Waals surface area contributed by atoms with Crippen LogP contribution in [0.25, 0.3) is 16.9 Å². The molecule has 3 aromatic rings. The standard InChI is InChI=1S/C16H14FN3O/c1-3-4-13-10(2)18-15-9-14(19-20(15)16(13)21)11-5-7-12(17)8-6-11/h3,5-9,19H,1,4H2,2H3. The van der Waals surface area contributed by atoms with E-state index < -0.39 is 0 Å². The summed E-state index contributed by atoms with van der Waals surface area (Å²) in [4.78, 5) is 16.9. The smallest absolute Gasteiger partial charge is 0.276 e. The number of rotatable bonds is 3. The van der Waals surface area contributed by atoms with E-state index in [4.69, 9.17) is 0 Å². The molecule has 0 aliphatic carbocycles. The number of nitrogens with one attached hydrogen (secondary N) is 1. The van der Waals surface area contributed by atoms with Gasteiger partial charge in [0.25, 0.3) is 5.56 Å².